The van der Waals surface area contributed by atoms with E-state index in [1.807, 2.05) is 0 Å². The topological polar surface area (TPSA) is 165 Å². The lowest BCUT2D eigenvalue weighted by atomic mass is 10.1. The number of benzene rings is 1. The number of carbonyl (C=O) groups is 2. The molecule has 0 heterocycles. The number of nitrogens with two attached hydrogens (primary N) is 1. The minimum Gasteiger partial charge on any atom is -0.399 e. The van der Waals surface area contributed by atoms with Gasteiger partial charge in [-0.1, -0.05) is 0 Å². The Morgan fingerprint density at radius 1 is 0.826 bits per heavy atom. The summed E-state index contributed by atoms with van der Waals surface area (Å²) in [6.45, 7) is -1.75. The molecule has 0 saturated carbocycles. The van der Waals surface area contributed by atoms with Crippen molar-refractivity contribution >= 4 is 17.5 Å². The van der Waals surface area contributed by atoms with Crippen molar-refractivity contribution in [3.05, 3.63) is 29.3 Å². The molecule has 0 aliphatic rings. The fourth-order valence-electron chi connectivity index (χ4n) is 1.75. The van der Waals surface area contributed by atoms with E-state index in [4.69, 9.17) is 26.2 Å². The van der Waals surface area contributed by atoms with Crippen LogP contribution in [0.5, 0.6) is 0 Å². The number of hydrogen-bond acceptors (Lipinski definition) is 7. The number of carbonyl (C=O) groups excluding carboxylic acids is 2. The van der Waals surface area contributed by atoms with Crippen LogP contribution in [-0.4, -0.2) is 70.8 Å². The summed E-state index contributed by atoms with van der Waals surface area (Å²) in [5, 5.41) is 40.6. The van der Waals surface area contributed by atoms with Gasteiger partial charge in [-0.05, 0) is 18.2 Å². The van der Waals surface area contributed by atoms with Crippen LogP contribution in [0, 0.1) is 0 Å². The van der Waals surface area contributed by atoms with Gasteiger partial charge in [0.05, 0.1) is 38.5 Å². The van der Waals surface area contributed by atoms with E-state index in [2.05, 4.69) is 10.6 Å². The molecule has 0 atom stereocenters. The number of rotatable bonds is 8. The fourth-order valence-corrected chi connectivity index (χ4v) is 1.75. The molecular weight excluding hydrogens is 306 g/mol. The van der Waals surface area contributed by atoms with Gasteiger partial charge in [0.1, 0.15) is 0 Å². The third-order valence-electron chi connectivity index (χ3n) is 3.03. The molecule has 0 bridgehead atoms. The van der Waals surface area contributed by atoms with Gasteiger partial charge in [0, 0.05) is 16.8 Å². The van der Waals surface area contributed by atoms with Crippen LogP contribution in [0.3, 0.4) is 0 Å². The molecule has 0 aliphatic heterocycles. The molecule has 0 radical (unpaired) electrons. The Balaban J connectivity index is 2.94. The van der Waals surface area contributed by atoms with Crippen LogP contribution < -0.4 is 16.4 Å². The van der Waals surface area contributed by atoms with Crippen LogP contribution >= 0.6 is 0 Å². The van der Waals surface area contributed by atoms with Gasteiger partial charge in [-0.15, -0.1) is 0 Å². The second kappa shape index (κ2) is 9.06. The predicted octanol–water partition coefficient (Wildman–Crippen LogP) is -2.57. The van der Waals surface area contributed by atoms with E-state index in [0.717, 1.165) is 0 Å². The summed E-state index contributed by atoms with van der Waals surface area (Å²) in [7, 11) is 0. The lowest BCUT2D eigenvalue weighted by Crippen LogP contribution is -2.41. The van der Waals surface area contributed by atoms with E-state index in [9.17, 15) is 9.59 Å². The summed E-state index contributed by atoms with van der Waals surface area (Å²) in [6.07, 6.45) is 0. The Morgan fingerprint density at radius 2 is 1.17 bits per heavy atom. The Kier molecular flexibility index (Phi) is 7.42. The van der Waals surface area contributed by atoms with Crippen LogP contribution in [0.15, 0.2) is 18.2 Å². The largest absolute Gasteiger partial charge is 0.399 e. The maximum atomic E-state index is 12.0. The number of nitrogen functional groups attached to an aromatic ring is 1. The Morgan fingerprint density at radius 3 is 1.48 bits per heavy atom. The Bertz CT molecular complexity index is 499. The Hall–Kier alpha value is -2.20. The maximum Gasteiger partial charge on any atom is 0.251 e. The molecule has 9 nitrogen and oxygen atoms in total. The van der Waals surface area contributed by atoms with Gasteiger partial charge in [-0.25, -0.2) is 0 Å². The van der Waals surface area contributed by atoms with Crippen molar-refractivity contribution < 1.29 is 30.0 Å². The van der Waals surface area contributed by atoms with Gasteiger partial charge in [-0.3, -0.25) is 9.59 Å². The molecule has 0 spiro atoms. The van der Waals surface area contributed by atoms with Gasteiger partial charge in [0.25, 0.3) is 11.8 Å². The SMILES string of the molecule is Nc1cc(C(=O)NC(CO)CO)cc(C(=O)NC(CO)CO)c1. The van der Waals surface area contributed by atoms with E-state index in [0.29, 0.717) is 0 Å². The van der Waals surface area contributed by atoms with Crippen LogP contribution in [0.1, 0.15) is 20.7 Å². The molecule has 0 unspecified atom stereocenters. The normalized spacial score (nSPS) is 10.9. The molecule has 0 aromatic heterocycles. The van der Waals surface area contributed by atoms with Crippen LogP contribution in [0.4, 0.5) is 5.69 Å². The third kappa shape index (κ3) is 5.49. The summed E-state index contributed by atoms with van der Waals surface area (Å²) in [5.41, 5.74) is 5.98. The molecule has 0 saturated heterocycles. The second-order valence-electron chi connectivity index (χ2n) is 4.91. The maximum absolute atomic E-state index is 12.0. The molecular formula is C14H21N3O6. The quantitative estimate of drug-likeness (QED) is 0.258. The van der Waals surface area contributed by atoms with Crippen molar-refractivity contribution in [2.24, 2.45) is 0 Å². The highest BCUT2D eigenvalue weighted by Gasteiger charge is 2.17. The van der Waals surface area contributed by atoms with Crippen molar-refractivity contribution in [2.75, 3.05) is 32.2 Å². The fraction of sp³-hybridized carbons (Fsp3) is 0.429. The van der Waals surface area contributed by atoms with Crippen LogP contribution in [-0.2, 0) is 0 Å². The first-order chi connectivity index (χ1) is 10.9. The van der Waals surface area contributed by atoms with Gasteiger partial charge >= 0.3 is 0 Å². The first kappa shape index (κ1) is 18.8. The molecule has 2 amide bonds. The summed E-state index contributed by atoms with van der Waals surface area (Å²) in [5.74, 6) is -1.22. The molecule has 0 fully saturated rings. The zero-order valence-corrected chi connectivity index (χ0v) is 12.4. The van der Waals surface area contributed by atoms with E-state index in [1.165, 1.54) is 18.2 Å². The predicted molar refractivity (Wildman–Crippen MR) is 81.7 cm³/mol. The van der Waals surface area contributed by atoms with Crippen molar-refractivity contribution in [2.45, 2.75) is 12.1 Å². The standard InChI is InChI=1S/C14H21N3O6/c15-10-2-8(13(22)16-11(4-18)5-19)1-9(3-10)14(23)17-12(6-20)7-21/h1-3,11-12,18-21H,4-7,15H2,(H,16,22)(H,17,23). The number of amides is 2. The lowest BCUT2D eigenvalue weighted by molar-refractivity contribution is 0.0877. The van der Waals surface area contributed by atoms with Gasteiger partial charge in [0.2, 0.25) is 0 Å². The van der Waals surface area contributed by atoms with Gasteiger partial charge < -0.3 is 36.8 Å². The molecule has 1 aromatic rings. The number of aliphatic hydroxyl groups excluding tert-OH is 4. The summed E-state index contributed by atoms with van der Waals surface area (Å²) in [6, 6.07) is 2.31. The van der Waals surface area contributed by atoms with E-state index < -0.39 is 50.3 Å². The van der Waals surface area contributed by atoms with Crippen molar-refractivity contribution in [3.63, 3.8) is 0 Å². The van der Waals surface area contributed by atoms with E-state index in [1.54, 1.807) is 0 Å². The molecule has 1 rings (SSSR count). The zero-order valence-electron chi connectivity index (χ0n) is 12.4. The summed E-state index contributed by atoms with van der Waals surface area (Å²) >= 11 is 0. The highest BCUT2D eigenvalue weighted by Crippen LogP contribution is 2.13. The highest BCUT2D eigenvalue weighted by molar-refractivity contribution is 6.01. The number of aliphatic hydroxyl groups is 4. The van der Waals surface area contributed by atoms with Gasteiger partial charge in [0.15, 0.2) is 0 Å². The number of anilines is 1. The smallest absolute Gasteiger partial charge is 0.251 e. The van der Waals surface area contributed by atoms with Gasteiger partial charge in [-0.2, -0.15) is 0 Å². The summed E-state index contributed by atoms with van der Waals surface area (Å²) < 4.78 is 0. The van der Waals surface area contributed by atoms with E-state index >= 15 is 0 Å². The van der Waals surface area contributed by atoms with Crippen molar-refractivity contribution in [3.8, 4) is 0 Å². The first-order valence-electron chi connectivity index (χ1n) is 6.90. The molecule has 1 aromatic carbocycles. The molecule has 9 heteroatoms. The minimum atomic E-state index is -0.825. The first-order valence-corrected chi connectivity index (χ1v) is 6.90. The number of nitrogens with one attached hydrogen (secondary N) is 2. The average Bonchev–Trinajstić information content (AvgIpc) is 2.56. The van der Waals surface area contributed by atoms with Crippen LogP contribution in [0.25, 0.3) is 0 Å². The van der Waals surface area contributed by atoms with Crippen molar-refractivity contribution in [1.82, 2.24) is 10.6 Å². The molecule has 0 aliphatic carbocycles. The summed E-state index contributed by atoms with van der Waals surface area (Å²) in [4.78, 5) is 24.1. The van der Waals surface area contributed by atoms with Crippen molar-refractivity contribution in [1.29, 1.82) is 0 Å². The monoisotopic (exact) mass is 327 g/mol. The zero-order chi connectivity index (χ0) is 17.4. The second-order valence-corrected chi connectivity index (χ2v) is 4.91. The lowest BCUT2D eigenvalue weighted by Gasteiger charge is -2.16. The van der Waals surface area contributed by atoms with Crippen LogP contribution in [0.2, 0.25) is 0 Å². The highest BCUT2D eigenvalue weighted by atomic mass is 16.3. The third-order valence-corrected chi connectivity index (χ3v) is 3.03. The molecule has 128 valence electrons. The Labute approximate surface area is 132 Å². The molecule has 23 heavy (non-hydrogen) atoms. The average molecular weight is 327 g/mol. The number of hydrogen-bond donors (Lipinski definition) is 7. The van der Waals surface area contributed by atoms with E-state index in [-0.39, 0.29) is 16.8 Å². The minimum absolute atomic E-state index is 0.0756. The molecule has 8 N–H and O–H groups in total.